The molecule has 7 nitrogen and oxygen atoms in total. The molecule has 1 aliphatic heterocycles. The van der Waals surface area contributed by atoms with E-state index < -0.39 is 6.10 Å². The number of rotatable bonds is 7. The highest BCUT2D eigenvalue weighted by atomic mass is 32.2. The third kappa shape index (κ3) is 4.98. The maximum Gasteiger partial charge on any atom is 0.251 e. The first-order valence-corrected chi connectivity index (χ1v) is 8.60. The molecule has 0 spiro atoms. The minimum Gasteiger partial charge on any atom is -0.383 e. The van der Waals surface area contributed by atoms with Crippen molar-refractivity contribution in [3.05, 3.63) is 12.7 Å². The van der Waals surface area contributed by atoms with E-state index in [1.54, 1.807) is 23.0 Å². The van der Waals surface area contributed by atoms with Gasteiger partial charge in [-0.15, -0.1) is 0 Å². The molecule has 8 heteroatoms. The fraction of sp³-hybridized carbons (Fsp3) is 0.769. The Balaban J connectivity index is 1.68. The van der Waals surface area contributed by atoms with Crippen molar-refractivity contribution < 1.29 is 9.90 Å². The highest BCUT2D eigenvalue weighted by molar-refractivity contribution is 7.98. The summed E-state index contributed by atoms with van der Waals surface area (Å²) < 4.78 is 1.81. The number of nitrogens with zero attached hydrogens (tertiary/aromatic N) is 5. The Hall–Kier alpha value is -1.12. The van der Waals surface area contributed by atoms with E-state index in [4.69, 9.17) is 0 Å². The Morgan fingerprint density at radius 3 is 2.71 bits per heavy atom. The summed E-state index contributed by atoms with van der Waals surface area (Å²) in [6, 6.07) is 0. The Bertz CT molecular complexity index is 420. The van der Waals surface area contributed by atoms with Gasteiger partial charge in [0, 0.05) is 32.7 Å². The summed E-state index contributed by atoms with van der Waals surface area (Å²) in [7, 11) is 0. The molecule has 118 valence electrons. The van der Waals surface area contributed by atoms with Crippen LogP contribution in [0.3, 0.4) is 0 Å². The highest BCUT2D eigenvalue weighted by Gasteiger charge is 2.25. The molecule has 1 amide bonds. The van der Waals surface area contributed by atoms with E-state index in [9.17, 15) is 9.90 Å². The van der Waals surface area contributed by atoms with Crippen LogP contribution in [0.2, 0.25) is 0 Å². The SMILES string of the molecule is CSCCC(O)C(=O)N1CCN(CCn2cncn2)CC1. The maximum atomic E-state index is 12.1. The van der Waals surface area contributed by atoms with Crippen molar-refractivity contribution in [1.82, 2.24) is 24.6 Å². The number of aliphatic hydroxyl groups excluding tert-OH is 1. The maximum absolute atomic E-state index is 12.1. The van der Waals surface area contributed by atoms with Gasteiger partial charge in [-0.25, -0.2) is 4.98 Å². The van der Waals surface area contributed by atoms with Crippen LogP contribution in [0.25, 0.3) is 0 Å². The van der Waals surface area contributed by atoms with Crippen LogP contribution in [-0.4, -0.2) is 86.4 Å². The summed E-state index contributed by atoms with van der Waals surface area (Å²) in [6.45, 7) is 4.77. The Morgan fingerprint density at radius 2 is 2.10 bits per heavy atom. The number of aromatic nitrogens is 3. The molecule has 1 unspecified atom stereocenters. The number of carbonyl (C=O) groups excluding carboxylic acids is 1. The smallest absolute Gasteiger partial charge is 0.251 e. The second-order valence-electron chi connectivity index (χ2n) is 5.12. The van der Waals surface area contributed by atoms with E-state index in [0.29, 0.717) is 19.5 Å². The van der Waals surface area contributed by atoms with Gasteiger partial charge in [0.05, 0.1) is 6.54 Å². The van der Waals surface area contributed by atoms with Crippen LogP contribution in [0.4, 0.5) is 0 Å². The average Bonchev–Trinajstić information content (AvgIpc) is 3.04. The summed E-state index contributed by atoms with van der Waals surface area (Å²) in [5.41, 5.74) is 0. The molecule has 2 heterocycles. The van der Waals surface area contributed by atoms with E-state index >= 15 is 0 Å². The molecule has 1 aromatic heterocycles. The molecule has 0 radical (unpaired) electrons. The molecule has 1 N–H and O–H groups in total. The van der Waals surface area contributed by atoms with Crippen LogP contribution >= 0.6 is 11.8 Å². The predicted molar refractivity (Wildman–Crippen MR) is 82.0 cm³/mol. The number of hydrogen-bond acceptors (Lipinski definition) is 6. The van der Waals surface area contributed by atoms with E-state index in [1.165, 1.54) is 6.33 Å². The topological polar surface area (TPSA) is 74.5 Å². The average molecular weight is 313 g/mol. The van der Waals surface area contributed by atoms with E-state index in [0.717, 1.165) is 31.9 Å². The van der Waals surface area contributed by atoms with Gasteiger partial charge in [-0.05, 0) is 18.4 Å². The first-order chi connectivity index (χ1) is 10.2. The molecule has 1 aliphatic rings. The molecule has 21 heavy (non-hydrogen) atoms. The molecular formula is C13H23N5O2S. The second kappa shape index (κ2) is 8.35. The first-order valence-electron chi connectivity index (χ1n) is 7.21. The van der Waals surface area contributed by atoms with Crippen molar-refractivity contribution in [2.24, 2.45) is 0 Å². The van der Waals surface area contributed by atoms with Gasteiger partial charge in [-0.2, -0.15) is 16.9 Å². The van der Waals surface area contributed by atoms with Crippen LogP contribution < -0.4 is 0 Å². The van der Waals surface area contributed by atoms with Crippen LogP contribution in [-0.2, 0) is 11.3 Å². The fourth-order valence-electron chi connectivity index (χ4n) is 2.35. The minimum absolute atomic E-state index is 0.125. The van der Waals surface area contributed by atoms with Crippen LogP contribution in [0.1, 0.15) is 6.42 Å². The normalized spacial score (nSPS) is 17.9. The number of thioether (sulfide) groups is 1. The van der Waals surface area contributed by atoms with Crippen LogP contribution in [0.15, 0.2) is 12.7 Å². The van der Waals surface area contributed by atoms with Gasteiger partial charge in [0.1, 0.15) is 18.8 Å². The number of hydrogen-bond donors (Lipinski definition) is 1. The predicted octanol–water partition coefficient (Wildman–Crippen LogP) is -0.464. The molecule has 1 aromatic rings. The Labute approximate surface area is 129 Å². The van der Waals surface area contributed by atoms with E-state index in [2.05, 4.69) is 15.0 Å². The lowest BCUT2D eigenvalue weighted by molar-refractivity contribution is -0.142. The highest BCUT2D eigenvalue weighted by Crippen LogP contribution is 2.08. The minimum atomic E-state index is -0.848. The largest absolute Gasteiger partial charge is 0.383 e. The Kier molecular flexibility index (Phi) is 6.47. The van der Waals surface area contributed by atoms with Gasteiger partial charge in [-0.1, -0.05) is 0 Å². The monoisotopic (exact) mass is 313 g/mol. The van der Waals surface area contributed by atoms with Gasteiger partial charge in [0.25, 0.3) is 5.91 Å². The zero-order valence-corrected chi connectivity index (χ0v) is 13.2. The van der Waals surface area contributed by atoms with Crippen LogP contribution in [0, 0.1) is 0 Å². The van der Waals surface area contributed by atoms with Gasteiger partial charge < -0.3 is 10.0 Å². The summed E-state index contributed by atoms with van der Waals surface area (Å²) in [5, 5.41) is 13.9. The van der Waals surface area contributed by atoms with Crippen molar-refractivity contribution in [3.8, 4) is 0 Å². The van der Waals surface area contributed by atoms with E-state index in [1.807, 2.05) is 10.9 Å². The zero-order chi connectivity index (χ0) is 15.1. The third-order valence-corrected chi connectivity index (χ3v) is 4.32. The summed E-state index contributed by atoms with van der Waals surface area (Å²) >= 11 is 1.65. The molecule has 0 bridgehead atoms. The quantitative estimate of drug-likeness (QED) is 0.734. The molecule has 1 saturated heterocycles. The molecule has 2 rings (SSSR count). The van der Waals surface area contributed by atoms with Crippen molar-refractivity contribution >= 4 is 17.7 Å². The van der Waals surface area contributed by atoms with Gasteiger partial charge in [0.15, 0.2) is 0 Å². The fourth-order valence-corrected chi connectivity index (χ4v) is 2.81. The molecule has 0 aromatic carbocycles. The van der Waals surface area contributed by atoms with Gasteiger partial charge in [0.2, 0.25) is 0 Å². The van der Waals surface area contributed by atoms with E-state index in [-0.39, 0.29) is 5.91 Å². The summed E-state index contributed by atoms with van der Waals surface area (Å²) in [5.74, 6) is 0.685. The van der Waals surface area contributed by atoms with Gasteiger partial charge >= 0.3 is 0 Å². The van der Waals surface area contributed by atoms with Crippen molar-refractivity contribution in [1.29, 1.82) is 0 Å². The second-order valence-corrected chi connectivity index (χ2v) is 6.11. The van der Waals surface area contributed by atoms with Crippen LogP contribution in [0.5, 0.6) is 0 Å². The Morgan fingerprint density at radius 1 is 1.33 bits per heavy atom. The van der Waals surface area contributed by atoms with Crippen molar-refractivity contribution in [2.75, 3.05) is 44.7 Å². The standard InChI is InChI=1S/C13H23N5O2S/c1-21-9-2-12(19)13(20)17-6-3-16(4-7-17)5-8-18-11-14-10-15-18/h10-12,19H,2-9H2,1H3. The zero-order valence-electron chi connectivity index (χ0n) is 12.4. The third-order valence-electron chi connectivity index (χ3n) is 3.68. The summed E-state index contributed by atoms with van der Waals surface area (Å²) in [6.07, 6.45) is 4.91. The number of aliphatic hydroxyl groups is 1. The lowest BCUT2D eigenvalue weighted by Crippen LogP contribution is -2.52. The summed E-state index contributed by atoms with van der Waals surface area (Å²) in [4.78, 5) is 20.1. The number of amides is 1. The lowest BCUT2D eigenvalue weighted by atomic mass is 10.2. The molecular weight excluding hydrogens is 290 g/mol. The van der Waals surface area contributed by atoms with Gasteiger partial charge in [-0.3, -0.25) is 14.4 Å². The van der Waals surface area contributed by atoms with Crippen molar-refractivity contribution in [3.63, 3.8) is 0 Å². The molecule has 1 fully saturated rings. The van der Waals surface area contributed by atoms with Crippen molar-refractivity contribution in [2.45, 2.75) is 19.1 Å². The first kappa shape index (κ1) is 16.3. The molecule has 1 atom stereocenters. The number of carbonyl (C=O) groups is 1. The lowest BCUT2D eigenvalue weighted by Gasteiger charge is -2.35. The molecule has 0 aliphatic carbocycles. The number of piperazine rings is 1. The molecule has 0 saturated carbocycles.